The molecule has 1 aliphatic heterocycles. The Morgan fingerprint density at radius 1 is 1.43 bits per heavy atom. The fraction of sp³-hybridized carbons (Fsp3) is 1.00. The number of hydrogen-bond donors (Lipinski definition) is 1. The highest BCUT2D eigenvalue weighted by Crippen LogP contribution is 2.37. The van der Waals surface area contributed by atoms with Crippen LogP contribution >= 0.6 is 0 Å². The Kier molecular flexibility index (Phi) is 3.27. The third kappa shape index (κ3) is 2.96. The molecule has 0 aromatic rings. The average Bonchev–Trinajstić information content (AvgIpc) is 2.29. The van der Waals surface area contributed by atoms with Gasteiger partial charge in [0.15, 0.2) is 0 Å². The molecule has 0 unspecified atom stereocenters. The van der Waals surface area contributed by atoms with Crippen molar-refractivity contribution >= 4 is 0 Å². The maximum atomic E-state index is 9.75. The molecule has 2 nitrogen and oxygen atoms in total. The summed E-state index contributed by atoms with van der Waals surface area (Å²) in [4.78, 5) is 2.39. The van der Waals surface area contributed by atoms with Crippen LogP contribution in [0.2, 0.25) is 0 Å². The van der Waals surface area contributed by atoms with E-state index in [2.05, 4.69) is 25.7 Å². The normalized spacial score (nSPS) is 30.2. The van der Waals surface area contributed by atoms with Crippen molar-refractivity contribution in [3.63, 3.8) is 0 Å². The van der Waals surface area contributed by atoms with Crippen LogP contribution in [-0.4, -0.2) is 35.2 Å². The van der Waals surface area contributed by atoms with Gasteiger partial charge in [0.1, 0.15) is 0 Å². The van der Waals surface area contributed by atoms with Crippen LogP contribution in [0.3, 0.4) is 0 Å². The molecule has 84 valence electrons. The van der Waals surface area contributed by atoms with Gasteiger partial charge in [0, 0.05) is 13.1 Å². The summed E-state index contributed by atoms with van der Waals surface area (Å²) < 4.78 is 0. The summed E-state index contributed by atoms with van der Waals surface area (Å²) in [5, 5.41) is 9.75. The fourth-order valence-corrected chi connectivity index (χ4v) is 2.24. The summed E-state index contributed by atoms with van der Waals surface area (Å²) in [5.41, 5.74) is -0.104. The molecule has 1 rings (SSSR count). The van der Waals surface area contributed by atoms with E-state index in [0.717, 1.165) is 25.6 Å². The average molecular weight is 199 g/mol. The Labute approximate surface area is 88.3 Å². The van der Waals surface area contributed by atoms with Crippen molar-refractivity contribution in [3.8, 4) is 0 Å². The van der Waals surface area contributed by atoms with Gasteiger partial charge in [0.05, 0.1) is 5.60 Å². The predicted molar refractivity (Wildman–Crippen MR) is 60.3 cm³/mol. The topological polar surface area (TPSA) is 23.5 Å². The van der Waals surface area contributed by atoms with E-state index in [4.69, 9.17) is 0 Å². The maximum absolute atomic E-state index is 9.75. The van der Waals surface area contributed by atoms with Crippen LogP contribution in [0.1, 0.15) is 41.0 Å². The first-order chi connectivity index (χ1) is 6.23. The summed E-state index contributed by atoms with van der Waals surface area (Å²) in [5.74, 6) is 0.731. The summed E-state index contributed by atoms with van der Waals surface area (Å²) >= 11 is 0. The lowest BCUT2D eigenvalue weighted by atomic mass is 9.78. The second-order valence-electron chi connectivity index (χ2n) is 6.08. The molecule has 0 amide bonds. The van der Waals surface area contributed by atoms with Crippen LogP contribution in [0.4, 0.5) is 0 Å². The van der Waals surface area contributed by atoms with E-state index in [1.54, 1.807) is 0 Å². The third-order valence-electron chi connectivity index (χ3n) is 3.59. The highest BCUT2D eigenvalue weighted by atomic mass is 16.3. The fourth-order valence-electron chi connectivity index (χ4n) is 2.24. The lowest BCUT2D eigenvalue weighted by molar-refractivity contribution is 0.0389. The zero-order valence-corrected chi connectivity index (χ0v) is 10.3. The van der Waals surface area contributed by atoms with Crippen molar-refractivity contribution in [1.29, 1.82) is 0 Å². The summed E-state index contributed by atoms with van der Waals surface area (Å²) in [7, 11) is 0. The van der Waals surface area contributed by atoms with Gasteiger partial charge in [-0.2, -0.15) is 0 Å². The first kappa shape index (κ1) is 12.0. The van der Waals surface area contributed by atoms with Crippen LogP contribution < -0.4 is 0 Å². The SMILES string of the molecule is CC(C)[C@@]1(C)CCN(CC(C)(C)O)C1. The molecule has 1 heterocycles. The van der Waals surface area contributed by atoms with E-state index in [0.29, 0.717) is 5.41 Å². The monoisotopic (exact) mass is 199 g/mol. The first-order valence-electron chi connectivity index (χ1n) is 5.68. The molecule has 1 fully saturated rings. The first-order valence-corrected chi connectivity index (χ1v) is 5.68. The van der Waals surface area contributed by atoms with Crippen molar-refractivity contribution < 1.29 is 5.11 Å². The van der Waals surface area contributed by atoms with Crippen LogP contribution in [0.15, 0.2) is 0 Å². The minimum absolute atomic E-state index is 0.450. The summed E-state index contributed by atoms with van der Waals surface area (Å²) in [6.45, 7) is 13.8. The van der Waals surface area contributed by atoms with E-state index >= 15 is 0 Å². The van der Waals surface area contributed by atoms with Crippen LogP contribution in [0.25, 0.3) is 0 Å². The molecule has 1 saturated heterocycles. The van der Waals surface area contributed by atoms with Gasteiger partial charge in [-0.15, -0.1) is 0 Å². The molecule has 0 saturated carbocycles. The molecule has 0 spiro atoms. The summed E-state index contributed by atoms with van der Waals surface area (Å²) in [6, 6.07) is 0. The maximum Gasteiger partial charge on any atom is 0.0718 e. The van der Waals surface area contributed by atoms with Gasteiger partial charge in [-0.25, -0.2) is 0 Å². The van der Waals surface area contributed by atoms with E-state index in [9.17, 15) is 5.11 Å². The van der Waals surface area contributed by atoms with Gasteiger partial charge >= 0.3 is 0 Å². The van der Waals surface area contributed by atoms with Crippen molar-refractivity contribution in [1.82, 2.24) is 4.90 Å². The molecular formula is C12H25NO. The van der Waals surface area contributed by atoms with Gasteiger partial charge in [-0.05, 0) is 38.1 Å². The minimum atomic E-state index is -0.553. The number of hydrogen-bond acceptors (Lipinski definition) is 2. The predicted octanol–water partition coefficient (Wildman–Crippen LogP) is 2.13. The molecule has 0 radical (unpaired) electrons. The lowest BCUT2D eigenvalue weighted by Crippen LogP contribution is -2.39. The Hall–Kier alpha value is -0.0800. The Bertz CT molecular complexity index is 195. The molecule has 0 aromatic carbocycles. The molecule has 1 atom stereocenters. The number of aliphatic hydroxyl groups is 1. The minimum Gasteiger partial charge on any atom is -0.389 e. The zero-order chi connectivity index (χ0) is 11.0. The molecule has 0 aromatic heterocycles. The van der Waals surface area contributed by atoms with Crippen molar-refractivity contribution in [2.45, 2.75) is 46.6 Å². The largest absolute Gasteiger partial charge is 0.389 e. The van der Waals surface area contributed by atoms with E-state index in [1.807, 2.05) is 13.8 Å². The quantitative estimate of drug-likeness (QED) is 0.752. The second kappa shape index (κ2) is 3.82. The molecule has 1 N–H and O–H groups in total. The van der Waals surface area contributed by atoms with Crippen molar-refractivity contribution in [2.75, 3.05) is 19.6 Å². The van der Waals surface area contributed by atoms with Gasteiger partial charge in [-0.3, -0.25) is 4.90 Å². The van der Waals surface area contributed by atoms with Gasteiger partial charge in [-0.1, -0.05) is 20.8 Å². The number of likely N-dealkylation sites (tertiary alicyclic amines) is 1. The Balaban J connectivity index is 2.49. The molecule has 0 aliphatic carbocycles. The number of rotatable bonds is 3. The molecular weight excluding hydrogens is 174 g/mol. The molecule has 2 heteroatoms. The van der Waals surface area contributed by atoms with Gasteiger partial charge in [0.2, 0.25) is 0 Å². The van der Waals surface area contributed by atoms with E-state index in [1.165, 1.54) is 6.42 Å². The zero-order valence-electron chi connectivity index (χ0n) is 10.3. The Morgan fingerprint density at radius 3 is 2.36 bits per heavy atom. The van der Waals surface area contributed by atoms with Crippen molar-refractivity contribution in [3.05, 3.63) is 0 Å². The van der Waals surface area contributed by atoms with Gasteiger partial charge in [0.25, 0.3) is 0 Å². The van der Waals surface area contributed by atoms with Crippen molar-refractivity contribution in [2.24, 2.45) is 11.3 Å². The Morgan fingerprint density at radius 2 is 2.00 bits per heavy atom. The second-order valence-corrected chi connectivity index (χ2v) is 6.08. The van der Waals surface area contributed by atoms with Crippen LogP contribution in [0, 0.1) is 11.3 Å². The van der Waals surface area contributed by atoms with Crippen LogP contribution in [-0.2, 0) is 0 Å². The highest BCUT2D eigenvalue weighted by Gasteiger charge is 2.37. The number of β-amino-alcohol motifs (C(OH)–C–C–N with tert-alkyl or cyclic N) is 1. The third-order valence-corrected chi connectivity index (χ3v) is 3.59. The van der Waals surface area contributed by atoms with E-state index < -0.39 is 5.60 Å². The molecule has 0 bridgehead atoms. The smallest absolute Gasteiger partial charge is 0.0718 e. The lowest BCUT2D eigenvalue weighted by Gasteiger charge is -2.31. The molecule has 1 aliphatic rings. The van der Waals surface area contributed by atoms with Gasteiger partial charge < -0.3 is 5.11 Å². The number of nitrogens with zero attached hydrogens (tertiary/aromatic N) is 1. The highest BCUT2D eigenvalue weighted by molar-refractivity contribution is 4.90. The standard InChI is InChI=1S/C12H25NO/c1-10(2)12(5)6-7-13(9-12)8-11(3,4)14/h10,14H,6-9H2,1-5H3/t12-/m0/s1. The van der Waals surface area contributed by atoms with E-state index in [-0.39, 0.29) is 0 Å². The summed E-state index contributed by atoms with van der Waals surface area (Å²) in [6.07, 6.45) is 1.26. The van der Waals surface area contributed by atoms with Crippen LogP contribution in [0.5, 0.6) is 0 Å². The molecule has 14 heavy (non-hydrogen) atoms.